The Morgan fingerprint density at radius 2 is 1.90 bits per heavy atom. The average Bonchev–Trinajstić information content (AvgIpc) is 3.47. The van der Waals surface area contributed by atoms with Gasteiger partial charge in [-0.1, -0.05) is 26.7 Å². The molecule has 8 heteroatoms. The van der Waals surface area contributed by atoms with Gasteiger partial charge in [-0.3, -0.25) is 14.4 Å². The molecular formula is C23H31N3O5. The fourth-order valence-corrected chi connectivity index (χ4v) is 4.55. The van der Waals surface area contributed by atoms with E-state index in [0.29, 0.717) is 23.6 Å². The largest absolute Gasteiger partial charge is 0.454 e. The summed E-state index contributed by atoms with van der Waals surface area (Å²) in [6, 6.07) is 4.94. The minimum atomic E-state index is -0.581. The summed E-state index contributed by atoms with van der Waals surface area (Å²) in [6.45, 7) is 4.51. The van der Waals surface area contributed by atoms with Crippen LogP contribution in [0.1, 0.15) is 52.4 Å². The Kier molecular flexibility index (Phi) is 6.34. The fraction of sp³-hybridized carbons (Fsp3) is 0.609. The van der Waals surface area contributed by atoms with Gasteiger partial charge in [0.05, 0.1) is 5.92 Å². The highest BCUT2D eigenvalue weighted by Gasteiger charge is 2.37. The van der Waals surface area contributed by atoms with Gasteiger partial charge in [0.25, 0.3) is 0 Å². The number of fused-ring (bicyclic) bond motifs is 1. The van der Waals surface area contributed by atoms with E-state index in [1.165, 1.54) is 0 Å². The maximum atomic E-state index is 13.0. The van der Waals surface area contributed by atoms with Crippen molar-refractivity contribution >= 4 is 23.4 Å². The predicted molar refractivity (Wildman–Crippen MR) is 115 cm³/mol. The summed E-state index contributed by atoms with van der Waals surface area (Å²) in [5.74, 6) is 0.527. The number of benzene rings is 1. The highest BCUT2D eigenvalue weighted by molar-refractivity contribution is 6.01. The summed E-state index contributed by atoms with van der Waals surface area (Å²) < 4.78 is 10.7. The molecule has 8 nitrogen and oxygen atoms in total. The van der Waals surface area contributed by atoms with Gasteiger partial charge in [0.15, 0.2) is 11.5 Å². The van der Waals surface area contributed by atoms with E-state index in [4.69, 9.17) is 9.47 Å². The second kappa shape index (κ2) is 9.16. The van der Waals surface area contributed by atoms with Crippen LogP contribution in [0.2, 0.25) is 0 Å². The van der Waals surface area contributed by atoms with E-state index in [1.807, 2.05) is 13.8 Å². The SMILES string of the molecule is CC(C)C[C@@H](NC(=O)C1CC(=O)N(c2ccc3c(c2)OCO3)C1)C(=O)NC1CCCC1. The molecule has 2 N–H and O–H groups in total. The van der Waals surface area contributed by atoms with Crippen molar-refractivity contribution in [2.75, 3.05) is 18.2 Å². The molecule has 31 heavy (non-hydrogen) atoms. The van der Waals surface area contributed by atoms with Gasteiger partial charge in [-0.05, 0) is 37.3 Å². The number of hydrogen-bond donors (Lipinski definition) is 2. The van der Waals surface area contributed by atoms with Gasteiger partial charge in [0.2, 0.25) is 24.5 Å². The lowest BCUT2D eigenvalue weighted by Crippen LogP contribution is -2.51. The number of carbonyl (C=O) groups is 3. The maximum Gasteiger partial charge on any atom is 0.242 e. The zero-order valence-corrected chi connectivity index (χ0v) is 18.2. The van der Waals surface area contributed by atoms with Gasteiger partial charge >= 0.3 is 0 Å². The fourth-order valence-electron chi connectivity index (χ4n) is 4.55. The molecule has 0 bridgehead atoms. The Labute approximate surface area is 182 Å². The Hall–Kier alpha value is -2.77. The third-order valence-electron chi connectivity index (χ3n) is 6.21. The Bertz CT molecular complexity index is 850. The van der Waals surface area contributed by atoms with Crippen LogP contribution in [-0.2, 0) is 14.4 Å². The van der Waals surface area contributed by atoms with Crippen molar-refractivity contribution in [3.63, 3.8) is 0 Å². The number of carbonyl (C=O) groups excluding carboxylic acids is 3. The molecule has 0 radical (unpaired) electrons. The first-order valence-electron chi connectivity index (χ1n) is 11.2. The van der Waals surface area contributed by atoms with E-state index in [1.54, 1.807) is 23.1 Å². The molecule has 0 aromatic heterocycles. The summed E-state index contributed by atoms with van der Waals surface area (Å²) in [7, 11) is 0. The second-order valence-corrected chi connectivity index (χ2v) is 9.12. The van der Waals surface area contributed by atoms with Gasteiger partial charge in [-0.2, -0.15) is 0 Å². The Morgan fingerprint density at radius 3 is 2.65 bits per heavy atom. The van der Waals surface area contributed by atoms with Gasteiger partial charge in [-0.15, -0.1) is 0 Å². The molecule has 3 amide bonds. The van der Waals surface area contributed by atoms with Crippen molar-refractivity contribution in [1.29, 1.82) is 0 Å². The number of rotatable bonds is 7. The molecule has 1 aromatic rings. The van der Waals surface area contributed by atoms with Crippen molar-refractivity contribution in [3.8, 4) is 11.5 Å². The minimum absolute atomic E-state index is 0.116. The molecule has 0 spiro atoms. The van der Waals surface area contributed by atoms with Crippen LogP contribution in [0, 0.1) is 11.8 Å². The predicted octanol–water partition coefficient (Wildman–Crippen LogP) is 2.36. The first kappa shape index (κ1) is 21.5. The molecule has 1 aromatic carbocycles. The highest BCUT2D eigenvalue weighted by atomic mass is 16.7. The van der Waals surface area contributed by atoms with E-state index in [0.717, 1.165) is 25.7 Å². The van der Waals surface area contributed by atoms with Gasteiger partial charge in [-0.25, -0.2) is 0 Å². The molecule has 1 saturated heterocycles. The Morgan fingerprint density at radius 1 is 1.16 bits per heavy atom. The summed E-state index contributed by atoms with van der Waals surface area (Å²) >= 11 is 0. The molecule has 168 valence electrons. The van der Waals surface area contributed by atoms with Crippen molar-refractivity contribution in [3.05, 3.63) is 18.2 Å². The summed E-state index contributed by atoms with van der Waals surface area (Å²) in [4.78, 5) is 40.0. The molecule has 2 fully saturated rings. The molecule has 2 aliphatic heterocycles. The lowest BCUT2D eigenvalue weighted by molar-refractivity contribution is -0.132. The molecule has 2 atom stereocenters. The number of nitrogens with zero attached hydrogens (tertiary/aromatic N) is 1. The maximum absolute atomic E-state index is 13.0. The molecule has 2 heterocycles. The summed E-state index contributed by atoms with van der Waals surface area (Å²) in [5, 5.41) is 6.01. The monoisotopic (exact) mass is 429 g/mol. The van der Waals surface area contributed by atoms with Gasteiger partial charge in [0.1, 0.15) is 6.04 Å². The Balaban J connectivity index is 1.39. The van der Waals surface area contributed by atoms with Crippen molar-refractivity contribution in [2.45, 2.75) is 64.5 Å². The highest BCUT2D eigenvalue weighted by Crippen LogP contribution is 2.37. The number of anilines is 1. The number of amides is 3. The number of hydrogen-bond acceptors (Lipinski definition) is 5. The molecule has 1 saturated carbocycles. The standard InChI is InChI=1S/C23H31N3O5/c1-14(2)9-18(23(29)24-16-5-3-4-6-16)25-22(28)15-10-21(27)26(12-15)17-7-8-19-20(11-17)31-13-30-19/h7-8,11,14-16,18H,3-6,9-10,12-13H2,1-2H3,(H,24,29)(H,25,28)/t15?,18-/m1/s1. The molecular weight excluding hydrogens is 398 g/mol. The van der Waals surface area contributed by atoms with Gasteiger partial charge < -0.3 is 25.0 Å². The van der Waals surface area contributed by atoms with Crippen LogP contribution in [0.5, 0.6) is 11.5 Å². The number of ether oxygens (including phenoxy) is 2. The lowest BCUT2D eigenvalue weighted by atomic mass is 10.0. The van der Waals surface area contributed by atoms with E-state index in [9.17, 15) is 14.4 Å². The summed E-state index contributed by atoms with van der Waals surface area (Å²) in [6.07, 6.45) is 4.94. The zero-order valence-electron chi connectivity index (χ0n) is 18.2. The van der Waals surface area contributed by atoms with Crippen molar-refractivity contribution in [2.24, 2.45) is 11.8 Å². The summed E-state index contributed by atoms with van der Waals surface area (Å²) in [5.41, 5.74) is 0.683. The lowest BCUT2D eigenvalue weighted by Gasteiger charge is -2.24. The molecule has 3 aliphatic rings. The average molecular weight is 430 g/mol. The third-order valence-corrected chi connectivity index (χ3v) is 6.21. The molecule has 4 rings (SSSR count). The minimum Gasteiger partial charge on any atom is -0.454 e. The van der Waals surface area contributed by atoms with Crippen LogP contribution in [0.4, 0.5) is 5.69 Å². The third kappa shape index (κ3) is 4.94. The number of nitrogens with one attached hydrogen (secondary N) is 2. The van der Waals surface area contributed by atoms with E-state index >= 15 is 0 Å². The van der Waals surface area contributed by atoms with Crippen LogP contribution < -0.4 is 25.0 Å². The van der Waals surface area contributed by atoms with Crippen LogP contribution in [0.15, 0.2) is 18.2 Å². The van der Waals surface area contributed by atoms with Gasteiger partial charge in [0, 0.05) is 30.8 Å². The van der Waals surface area contributed by atoms with E-state index in [2.05, 4.69) is 10.6 Å². The smallest absolute Gasteiger partial charge is 0.242 e. The van der Waals surface area contributed by atoms with Crippen molar-refractivity contribution < 1.29 is 23.9 Å². The normalized spacial score (nSPS) is 21.6. The first-order chi connectivity index (χ1) is 14.9. The second-order valence-electron chi connectivity index (χ2n) is 9.12. The van der Waals surface area contributed by atoms with Crippen LogP contribution in [0.25, 0.3) is 0 Å². The zero-order chi connectivity index (χ0) is 22.0. The van der Waals surface area contributed by atoms with Crippen LogP contribution >= 0.6 is 0 Å². The van der Waals surface area contributed by atoms with Crippen LogP contribution in [-0.4, -0.2) is 43.1 Å². The molecule has 1 unspecified atom stereocenters. The first-order valence-corrected chi connectivity index (χ1v) is 11.2. The van der Waals surface area contributed by atoms with E-state index in [-0.39, 0.29) is 49.4 Å². The van der Waals surface area contributed by atoms with Crippen molar-refractivity contribution in [1.82, 2.24) is 10.6 Å². The molecule has 1 aliphatic carbocycles. The topological polar surface area (TPSA) is 97.0 Å². The van der Waals surface area contributed by atoms with Crippen LogP contribution in [0.3, 0.4) is 0 Å². The quantitative estimate of drug-likeness (QED) is 0.694. The van der Waals surface area contributed by atoms with E-state index < -0.39 is 12.0 Å².